The van der Waals surface area contributed by atoms with E-state index in [0.29, 0.717) is 30.0 Å². The molecule has 2 aromatic carbocycles. The fourth-order valence-electron chi connectivity index (χ4n) is 4.07. The van der Waals surface area contributed by atoms with Crippen molar-refractivity contribution >= 4 is 40.3 Å². The summed E-state index contributed by atoms with van der Waals surface area (Å²) >= 11 is 5.96. The summed E-state index contributed by atoms with van der Waals surface area (Å²) in [5, 5.41) is 22.1. The molecule has 0 bridgehead atoms. The van der Waals surface area contributed by atoms with Gasteiger partial charge in [-0.25, -0.2) is 4.58 Å². The van der Waals surface area contributed by atoms with Crippen molar-refractivity contribution in [1.82, 2.24) is 4.72 Å². The van der Waals surface area contributed by atoms with Gasteiger partial charge in [-0.05, 0) is 67.5 Å². The summed E-state index contributed by atoms with van der Waals surface area (Å²) in [7, 11) is -2.68. The fourth-order valence-corrected chi connectivity index (χ4v) is 5.20. The van der Waals surface area contributed by atoms with Crippen molar-refractivity contribution in [1.29, 1.82) is 5.26 Å². The molecule has 2 aromatic rings. The zero-order valence-electron chi connectivity index (χ0n) is 19.8. The zero-order valence-corrected chi connectivity index (χ0v) is 21.4. The van der Waals surface area contributed by atoms with E-state index in [2.05, 4.69) is 17.8 Å². The summed E-state index contributed by atoms with van der Waals surface area (Å²) in [6.07, 6.45) is 3.39. The number of halogens is 1. The molecule has 0 aromatic heterocycles. The molecule has 36 heavy (non-hydrogen) atoms. The van der Waals surface area contributed by atoms with Crippen molar-refractivity contribution in [3.8, 4) is 11.8 Å². The molecule has 0 heterocycles. The molecule has 2 amide bonds. The summed E-state index contributed by atoms with van der Waals surface area (Å²) in [4.78, 5) is 16.5. The number of hydrogen-bond donors (Lipinski definition) is 1. The molecule has 0 aliphatic heterocycles. The van der Waals surface area contributed by atoms with Gasteiger partial charge < -0.3 is 14.8 Å². The number of nitrogens with zero attached hydrogens (tertiary/aromatic N) is 3. The maximum Gasteiger partial charge on any atom is 0.506 e. The first-order valence-corrected chi connectivity index (χ1v) is 13.2. The lowest BCUT2D eigenvalue weighted by molar-refractivity contribution is -0.474. The Labute approximate surface area is 215 Å². The highest BCUT2D eigenvalue weighted by molar-refractivity contribution is 7.90. The number of urea groups is 1. The Bertz CT molecular complexity index is 1300. The van der Waals surface area contributed by atoms with Gasteiger partial charge in [-0.1, -0.05) is 30.2 Å². The van der Waals surface area contributed by atoms with Crippen LogP contribution < -0.4 is 14.6 Å². The monoisotopic (exact) mass is 530 g/mol. The van der Waals surface area contributed by atoms with Crippen LogP contribution in [0.25, 0.3) is 0 Å². The van der Waals surface area contributed by atoms with Crippen LogP contribution in [0.1, 0.15) is 36.8 Å². The number of nitrogens with one attached hydrogen (secondary N) is 1. The van der Waals surface area contributed by atoms with Gasteiger partial charge in [-0.15, -0.1) is 4.72 Å². The first-order valence-electron chi connectivity index (χ1n) is 11.4. The lowest BCUT2D eigenvalue weighted by atomic mass is 9.85. The van der Waals surface area contributed by atoms with Crippen LogP contribution in [0.15, 0.2) is 52.4 Å². The molecule has 1 fully saturated rings. The second kappa shape index (κ2) is 12.0. The number of nitriles is 1. The zero-order chi connectivity index (χ0) is 26.3. The number of methoxy groups -OCH3 is 1. The van der Waals surface area contributed by atoms with Gasteiger partial charge in [-0.2, -0.15) is 18.5 Å². The van der Waals surface area contributed by atoms with E-state index in [4.69, 9.17) is 16.3 Å². The number of ether oxygens (including phenoxy) is 1. The van der Waals surface area contributed by atoms with Crippen LogP contribution in [-0.2, 0) is 16.4 Å². The Balaban J connectivity index is 1.62. The van der Waals surface area contributed by atoms with Crippen molar-refractivity contribution in [3.63, 3.8) is 0 Å². The van der Waals surface area contributed by atoms with Gasteiger partial charge in [0.2, 0.25) is 0 Å². The maximum atomic E-state index is 12.7. The van der Waals surface area contributed by atoms with E-state index in [1.54, 1.807) is 24.3 Å². The molecule has 0 spiro atoms. The van der Waals surface area contributed by atoms with Gasteiger partial charge >= 0.3 is 16.1 Å². The smallest absolute Gasteiger partial charge is 0.506 e. The normalized spacial score (nSPS) is 18.2. The van der Waals surface area contributed by atoms with Crippen LogP contribution in [0.4, 0.5) is 4.79 Å². The molecule has 3 rings (SSSR count). The minimum Gasteiger partial charge on any atom is -0.858 e. The van der Waals surface area contributed by atoms with Gasteiger partial charge in [0.15, 0.2) is 0 Å². The number of hydrogen-bond acceptors (Lipinski definition) is 7. The van der Waals surface area contributed by atoms with Crippen LogP contribution in [0, 0.1) is 17.2 Å². The SMILES string of the molecule is C=[N+](C(=O)NS(=O)(=O)c1ccc(CCN=C([O-])c2cc(Cl)ccc2OC)cc1)[C@@H]1CCCC[C@H]1C#N. The van der Waals surface area contributed by atoms with Crippen molar-refractivity contribution in [2.24, 2.45) is 10.9 Å². The molecule has 0 unspecified atom stereocenters. The molecular formula is C25H27ClN4O5S. The molecule has 1 aliphatic carbocycles. The van der Waals surface area contributed by atoms with Gasteiger partial charge in [0, 0.05) is 17.1 Å². The van der Waals surface area contributed by atoms with Crippen LogP contribution in [0.2, 0.25) is 5.02 Å². The van der Waals surface area contributed by atoms with Crippen LogP contribution in [0.3, 0.4) is 0 Å². The van der Waals surface area contributed by atoms with E-state index in [-0.39, 0.29) is 22.9 Å². The Morgan fingerprint density at radius 2 is 1.97 bits per heavy atom. The summed E-state index contributed by atoms with van der Waals surface area (Å²) in [6.45, 7) is 3.87. The number of carbonyl (C=O) groups excluding carboxylic acids is 1. The highest BCUT2D eigenvalue weighted by Gasteiger charge is 2.36. The van der Waals surface area contributed by atoms with E-state index in [9.17, 15) is 23.6 Å². The molecule has 1 N–H and O–H groups in total. The van der Waals surface area contributed by atoms with E-state index in [1.165, 1.54) is 25.3 Å². The van der Waals surface area contributed by atoms with E-state index in [0.717, 1.165) is 23.0 Å². The third kappa shape index (κ3) is 6.62. The molecule has 1 aliphatic rings. The fraction of sp³-hybridized carbons (Fsp3) is 0.360. The number of amides is 2. The standard InChI is InChI=1S/C25H27ClN4O5S/c1-30(22-6-4-3-5-18(22)16-27)25(32)29-36(33,34)20-10-7-17(8-11-20)13-14-28-24(31)21-15-19(26)9-12-23(21)35-2/h7-12,15,18,22H,1,3-6,13-14H2,2H3,(H-,28,29,31,32)/t18-,22+/m0/s1. The lowest BCUT2D eigenvalue weighted by Crippen LogP contribution is -2.45. The third-order valence-corrected chi connectivity index (χ3v) is 7.63. The third-order valence-electron chi connectivity index (χ3n) is 6.06. The molecule has 1 saturated carbocycles. The van der Waals surface area contributed by atoms with Crippen molar-refractivity contribution < 1.29 is 27.6 Å². The highest BCUT2D eigenvalue weighted by atomic mass is 35.5. The number of rotatable bonds is 8. The van der Waals surface area contributed by atoms with Crippen molar-refractivity contribution in [2.45, 2.75) is 43.0 Å². The number of benzene rings is 2. The summed E-state index contributed by atoms with van der Waals surface area (Å²) < 4.78 is 33.7. The van der Waals surface area contributed by atoms with Crippen LogP contribution in [0.5, 0.6) is 5.75 Å². The first-order chi connectivity index (χ1) is 17.2. The quantitative estimate of drug-likeness (QED) is 0.317. The number of sulfonamides is 1. The topological polar surface area (TPSA) is 135 Å². The Kier molecular flexibility index (Phi) is 9.07. The minimum absolute atomic E-state index is 0.0924. The largest absolute Gasteiger partial charge is 0.858 e. The Hall–Kier alpha value is -3.42. The van der Waals surface area contributed by atoms with Crippen LogP contribution in [-0.4, -0.2) is 51.3 Å². The minimum atomic E-state index is -4.13. The summed E-state index contributed by atoms with van der Waals surface area (Å²) in [5.74, 6) is -0.468. The van der Waals surface area contributed by atoms with Gasteiger partial charge in [0.1, 0.15) is 16.7 Å². The molecule has 2 atom stereocenters. The van der Waals surface area contributed by atoms with Crippen molar-refractivity contribution in [2.75, 3.05) is 13.7 Å². The highest BCUT2D eigenvalue weighted by Crippen LogP contribution is 2.26. The van der Waals surface area contributed by atoms with Crippen LogP contribution >= 0.6 is 11.6 Å². The van der Waals surface area contributed by atoms with E-state index < -0.39 is 28.0 Å². The number of aliphatic imine (C=N–C) groups is 1. The summed E-state index contributed by atoms with van der Waals surface area (Å²) in [5.41, 5.74) is 1.02. The summed E-state index contributed by atoms with van der Waals surface area (Å²) in [6, 6.07) is 11.5. The van der Waals surface area contributed by atoms with Crippen molar-refractivity contribution in [3.05, 3.63) is 58.6 Å². The maximum absolute atomic E-state index is 12.7. The van der Waals surface area contributed by atoms with Gasteiger partial charge in [0.25, 0.3) is 0 Å². The van der Waals surface area contributed by atoms with Gasteiger partial charge in [-0.3, -0.25) is 0 Å². The molecule has 0 radical (unpaired) electrons. The lowest BCUT2D eigenvalue weighted by Gasteiger charge is -2.25. The molecule has 190 valence electrons. The predicted octanol–water partition coefficient (Wildman–Crippen LogP) is 2.89. The predicted molar refractivity (Wildman–Crippen MR) is 134 cm³/mol. The Morgan fingerprint density at radius 3 is 2.64 bits per heavy atom. The Morgan fingerprint density at radius 1 is 1.28 bits per heavy atom. The average Bonchev–Trinajstić information content (AvgIpc) is 2.88. The second-order valence-corrected chi connectivity index (χ2v) is 10.5. The number of carbonyl (C=O) groups is 1. The molecule has 9 nitrogen and oxygen atoms in total. The van der Waals surface area contributed by atoms with Gasteiger partial charge in [0.05, 0.1) is 25.8 Å². The van der Waals surface area contributed by atoms with E-state index >= 15 is 0 Å². The van der Waals surface area contributed by atoms with E-state index in [1.807, 2.05) is 4.72 Å². The first kappa shape index (κ1) is 27.2. The second-order valence-electron chi connectivity index (χ2n) is 8.39. The average molecular weight is 531 g/mol. The molecule has 11 heteroatoms. The molecular weight excluding hydrogens is 504 g/mol. The molecule has 0 saturated heterocycles.